The van der Waals surface area contributed by atoms with Gasteiger partial charge in [-0.05, 0) is 31.0 Å². The van der Waals surface area contributed by atoms with Crippen LogP contribution in [0.25, 0.3) is 0 Å². The van der Waals surface area contributed by atoms with Crippen molar-refractivity contribution in [2.24, 2.45) is 12.0 Å². The normalized spacial score (nSPS) is 11.0. The standard InChI is InChI=1S/C18H26N4.HI/c1-15-7-9-16(10-8-15)11-12-20-18(19-2)22(4)14-17-6-5-13-21(17)3;/h5-10,13H,11-12,14H2,1-4H3,(H,19,20);1H. The predicted octanol–water partition coefficient (Wildman–Crippen LogP) is 3.20. The van der Waals surface area contributed by atoms with Gasteiger partial charge in [0.25, 0.3) is 0 Å². The molecule has 1 aromatic carbocycles. The lowest BCUT2D eigenvalue weighted by atomic mass is 10.1. The molecule has 0 bridgehead atoms. The molecule has 2 rings (SSSR count). The first-order valence-corrected chi connectivity index (χ1v) is 7.67. The van der Waals surface area contributed by atoms with Crippen LogP contribution in [0.2, 0.25) is 0 Å². The van der Waals surface area contributed by atoms with Gasteiger partial charge in [0.15, 0.2) is 5.96 Å². The Hall–Kier alpha value is -1.50. The van der Waals surface area contributed by atoms with Gasteiger partial charge in [-0.25, -0.2) is 0 Å². The van der Waals surface area contributed by atoms with Crippen molar-refractivity contribution < 1.29 is 0 Å². The summed E-state index contributed by atoms with van der Waals surface area (Å²) in [5, 5.41) is 3.43. The number of aryl methyl sites for hydroxylation is 2. The molecule has 0 saturated carbocycles. The molecule has 0 fully saturated rings. The van der Waals surface area contributed by atoms with Gasteiger partial charge < -0.3 is 14.8 Å². The minimum absolute atomic E-state index is 0. The Kier molecular flexibility index (Phi) is 8.16. The second-order valence-corrected chi connectivity index (χ2v) is 5.68. The number of nitrogens with zero attached hydrogens (tertiary/aromatic N) is 3. The van der Waals surface area contributed by atoms with Crippen LogP contribution in [-0.4, -0.2) is 36.1 Å². The summed E-state index contributed by atoms with van der Waals surface area (Å²) >= 11 is 0. The number of rotatable bonds is 5. The van der Waals surface area contributed by atoms with E-state index in [9.17, 15) is 0 Å². The fourth-order valence-corrected chi connectivity index (χ4v) is 2.44. The molecule has 0 saturated heterocycles. The summed E-state index contributed by atoms with van der Waals surface area (Å²) < 4.78 is 2.14. The monoisotopic (exact) mass is 426 g/mol. The van der Waals surface area contributed by atoms with Crippen molar-refractivity contribution in [2.75, 3.05) is 20.6 Å². The fraction of sp³-hybridized carbons (Fsp3) is 0.389. The van der Waals surface area contributed by atoms with Gasteiger partial charge in [0, 0.05) is 39.6 Å². The van der Waals surface area contributed by atoms with Crippen molar-refractivity contribution in [1.29, 1.82) is 0 Å². The average Bonchev–Trinajstić information content (AvgIpc) is 2.90. The minimum atomic E-state index is 0. The number of halogens is 1. The lowest BCUT2D eigenvalue weighted by Crippen LogP contribution is -2.39. The highest BCUT2D eigenvalue weighted by molar-refractivity contribution is 14.0. The molecule has 2 aromatic rings. The van der Waals surface area contributed by atoms with Crippen LogP contribution in [-0.2, 0) is 20.0 Å². The SMILES string of the molecule is CN=C(NCCc1ccc(C)cc1)N(C)Cc1cccn1C.I. The van der Waals surface area contributed by atoms with E-state index in [0.29, 0.717) is 0 Å². The third-order valence-corrected chi connectivity index (χ3v) is 3.84. The molecular formula is C18H27IN4. The number of aromatic nitrogens is 1. The summed E-state index contributed by atoms with van der Waals surface area (Å²) in [7, 11) is 5.96. The molecule has 0 atom stereocenters. The maximum atomic E-state index is 4.37. The number of benzene rings is 1. The van der Waals surface area contributed by atoms with Gasteiger partial charge >= 0.3 is 0 Å². The summed E-state index contributed by atoms with van der Waals surface area (Å²) in [6, 6.07) is 12.9. The quantitative estimate of drug-likeness (QED) is 0.453. The first-order chi connectivity index (χ1) is 10.6. The Morgan fingerprint density at radius 2 is 1.91 bits per heavy atom. The molecule has 0 aliphatic rings. The maximum Gasteiger partial charge on any atom is 0.193 e. The van der Waals surface area contributed by atoms with E-state index in [2.05, 4.69) is 83.4 Å². The minimum Gasteiger partial charge on any atom is -0.356 e. The third kappa shape index (κ3) is 5.89. The van der Waals surface area contributed by atoms with Crippen molar-refractivity contribution in [3.8, 4) is 0 Å². The van der Waals surface area contributed by atoms with E-state index in [1.165, 1.54) is 16.8 Å². The van der Waals surface area contributed by atoms with Crippen molar-refractivity contribution in [2.45, 2.75) is 19.9 Å². The Labute approximate surface area is 156 Å². The molecule has 4 nitrogen and oxygen atoms in total. The van der Waals surface area contributed by atoms with Crippen LogP contribution < -0.4 is 5.32 Å². The second-order valence-electron chi connectivity index (χ2n) is 5.68. The van der Waals surface area contributed by atoms with Crippen LogP contribution in [0.15, 0.2) is 47.6 Å². The highest BCUT2D eigenvalue weighted by atomic mass is 127. The van der Waals surface area contributed by atoms with Gasteiger partial charge in [0.05, 0.1) is 6.54 Å². The Balaban J connectivity index is 0.00000264. The van der Waals surface area contributed by atoms with Crippen LogP contribution in [0.4, 0.5) is 0 Å². The number of guanidine groups is 1. The van der Waals surface area contributed by atoms with Gasteiger partial charge in [-0.3, -0.25) is 4.99 Å². The molecule has 0 aliphatic heterocycles. The summed E-state index contributed by atoms with van der Waals surface area (Å²) in [5.41, 5.74) is 3.91. The molecule has 5 heteroatoms. The van der Waals surface area contributed by atoms with E-state index in [1.807, 2.05) is 7.05 Å². The highest BCUT2D eigenvalue weighted by Gasteiger charge is 2.07. The second kappa shape index (κ2) is 9.60. The third-order valence-electron chi connectivity index (χ3n) is 3.84. The van der Waals surface area contributed by atoms with Crippen LogP contribution in [0.3, 0.4) is 0 Å². The van der Waals surface area contributed by atoms with Gasteiger partial charge in [-0.2, -0.15) is 0 Å². The molecule has 0 amide bonds. The summed E-state index contributed by atoms with van der Waals surface area (Å²) in [6.45, 7) is 3.84. The lowest BCUT2D eigenvalue weighted by Gasteiger charge is -2.22. The van der Waals surface area contributed by atoms with Crippen LogP contribution in [0.1, 0.15) is 16.8 Å². The highest BCUT2D eigenvalue weighted by Crippen LogP contribution is 2.05. The smallest absolute Gasteiger partial charge is 0.193 e. The average molecular weight is 426 g/mol. The Morgan fingerprint density at radius 1 is 1.22 bits per heavy atom. The molecule has 126 valence electrons. The van der Waals surface area contributed by atoms with E-state index in [0.717, 1.165) is 25.5 Å². The van der Waals surface area contributed by atoms with Crippen molar-refractivity contribution in [3.63, 3.8) is 0 Å². The largest absolute Gasteiger partial charge is 0.356 e. The van der Waals surface area contributed by atoms with Crippen molar-refractivity contribution in [1.82, 2.24) is 14.8 Å². The van der Waals surface area contributed by atoms with Crippen LogP contribution in [0.5, 0.6) is 0 Å². The molecule has 0 spiro atoms. The maximum absolute atomic E-state index is 4.37. The van der Waals surface area contributed by atoms with Crippen molar-refractivity contribution in [3.05, 3.63) is 59.4 Å². The number of hydrogen-bond donors (Lipinski definition) is 1. The fourth-order valence-electron chi connectivity index (χ4n) is 2.44. The first-order valence-electron chi connectivity index (χ1n) is 7.67. The number of nitrogens with one attached hydrogen (secondary N) is 1. The van der Waals surface area contributed by atoms with Gasteiger partial charge in [-0.1, -0.05) is 29.8 Å². The molecule has 0 radical (unpaired) electrons. The Bertz CT molecular complexity index is 616. The molecule has 0 unspecified atom stereocenters. The topological polar surface area (TPSA) is 32.6 Å². The zero-order valence-corrected chi connectivity index (χ0v) is 16.7. The molecule has 1 heterocycles. The van der Waals surface area contributed by atoms with E-state index >= 15 is 0 Å². The number of aliphatic imine (C=N–C) groups is 1. The summed E-state index contributed by atoms with van der Waals surface area (Å²) in [5.74, 6) is 0.924. The van der Waals surface area contributed by atoms with Gasteiger partial charge in [0.1, 0.15) is 0 Å². The molecule has 0 aliphatic carbocycles. The summed E-state index contributed by atoms with van der Waals surface area (Å²) in [6.07, 6.45) is 3.06. The van der Waals surface area contributed by atoms with Crippen LogP contribution in [0, 0.1) is 6.92 Å². The molecule has 23 heavy (non-hydrogen) atoms. The van der Waals surface area contributed by atoms with Crippen molar-refractivity contribution >= 4 is 29.9 Å². The molecule has 1 aromatic heterocycles. The Morgan fingerprint density at radius 3 is 2.48 bits per heavy atom. The lowest BCUT2D eigenvalue weighted by molar-refractivity contribution is 0.462. The zero-order chi connectivity index (χ0) is 15.9. The number of hydrogen-bond acceptors (Lipinski definition) is 1. The van der Waals surface area contributed by atoms with Crippen LogP contribution >= 0.6 is 24.0 Å². The predicted molar refractivity (Wildman–Crippen MR) is 109 cm³/mol. The van der Waals surface area contributed by atoms with Gasteiger partial charge in [-0.15, -0.1) is 24.0 Å². The van der Waals surface area contributed by atoms with Gasteiger partial charge in [0.2, 0.25) is 0 Å². The summed E-state index contributed by atoms with van der Waals surface area (Å²) in [4.78, 5) is 6.51. The van der Waals surface area contributed by atoms with E-state index in [4.69, 9.17) is 0 Å². The van der Waals surface area contributed by atoms with E-state index < -0.39 is 0 Å². The first kappa shape index (κ1) is 19.5. The van der Waals surface area contributed by atoms with E-state index in [-0.39, 0.29) is 24.0 Å². The molecular weight excluding hydrogens is 399 g/mol. The zero-order valence-electron chi connectivity index (χ0n) is 14.4. The van der Waals surface area contributed by atoms with E-state index in [1.54, 1.807) is 0 Å². The molecule has 1 N–H and O–H groups in total.